The average molecular weight is 363 g/mol. The van der Waals surface area contributed by atoms with E-state index in [1.807, 2.05) is 0 Å². The van der Waals surface area contributed by atoms with Crippen molar-refractivity contribution in [1.29, 1.82) is 0 Å². The number of sulfonamides is 1. The lowest BCUT2D eigenvalue weighted by Gasteiger charge is -2.15. The lowest BCUT2D eigenvalue weighted by Crippen LogP contribution is -2.34. The molecule has 2 rings (SSSR count). The van der Waals surface area contributed by atoms with E-state index in [-0.39, 0.29) is 10.8 Å². The molecule has 1 N–H and O–H groups in total. The molecule has 120 valence electrons. The first-order valence-corrected chi connectivity index (χ1v) is 8.86. The van der Waals surface area contributed by atoms with Crippen LogP contribution in [-0.2, 0) is 21.9 Å². The van der Waals surface area contributed by atoms with Gasteiger partial charge in [-0.3, -0.25) is 9.48 Å². The SMILES string of the molecule is Cc1cc(NC(=O)CN(C)S(=O)(=O)c2ccc(Cl)s2)n(C)n1. The first-order valence-electron chi connectivity index (χ1n) is 6.22. The summed E-state index contributed by atoms with van der Waals surface area (Å²) in [6, 6.07) is 4.62. The maximum Gasteiger partial charge on any atom is 0.252 e. The Kier molecular flexibility index (Phi) is 4.90. The highest BCUT2D eigenvalue weighted by Crippen LogP contribution is 2.27. The summed E-state index contributed by atoms with van der Waals surface area (Å²) < 4.78 is 27.5. The van der Waals surface area contributed by atoms with Gasteiger partial charge in [0.15, 0.2) is 0 Å². The number of anilines is 1. The summed E-state index contributed by atoms with van der Waals surface area (Å²) in [4.78, 5) is 12.0. The highest BCUT2D eigenvalue weighted by Gasteiger charge is 2.25. The van der Waals surface area contributed by atoms with Gasteiger partial charge in [-0.1, -0.05) is 11.6 Å². The summed E-state index contributed by atoms with van der Waals surface area (Å²) in [5.74, 6) is 0.0594. The van der Waals surface area contributed by atoms with E-state index in [2.05, 4.69) is 10.4 Å². The zero-order valence-corrected chi connectivity index (χ0v) is 14.6. The molecule has 7 nitrogen and oxygen atoms in total. The van der Waals surface area contributed by atoms with Gasteiger partial charge in [-0.25, -0.2) is 8.42 Å². The minimum absolute atomic E-state index is 0.101. The van der Waals surface area contributed by atoms with Crippen LogP contribution in [0.5, 0.6) is 0 Å². The van der Waals surface area contributed by atoms with Crippen LogP contribution in [0, 0.1) is 6.92 Å². The topological polar surface area (TPSA) is 84.3 Å². The minimum atomic E-state index is -3.73. The molecule has 0 aliphatic carbocycles. The second kappa shape index (κ2) is 6.37. The predicted octanol–water partition coefficient (Wildman–Crippen LogP) is 1.70. The van der Waals surface area contributed by atoms with Gasteiger partial charge in [0.25, 0.3) is 10.0 Å². The van der Waals surface area contributed by atoms with Crippen molar-refractivity contribution in [3.63, 3.8) is 0 Å². The first kappa shape index (κ1) is 16.9. The largest absolute Gasteiger partial charge is 0.310 e. The molecule has 0 spiro atoms. The number of aromatic nitrogens is 2. The van der Waals surface area contributed by atoms with Crippen molar-refractivity contribution in [2.75, 3.05) is 18.9 Å². The van der Waals surface area contributed by atoms with Crippen molar-refractivity contribution in [3.05, 3.63) is 28.2 Å². The molecule has 10 heteroatoms. The number of amides is 1. The van der Waals surface area contributed by atoms with Crippen molar-refractivity contribution < 1.29 is 13.2 Å². The number of carbonyl (C=O) groups is 1. The summed E-state index contributed by atoms with van der Waals surface area (Å²) in [5, 5.41) is 6.72. The molecule has 0 atom stereocenters. The third-order valence-corrected chi connectivity index (χ3v) is 6.35. The van der Waals surface area contributed by atoms with Gasteiger partial charge in [-0.15, -0.1) is 11.3 Å². The molecule has 0 aliphatic rings. The van der Waals surface area contributed by atoms with E-state index < -0.39 is 15.9 Å². The van der Waals surface area contributed by atoms with Gasteiger partial charge < -0.3 is 5.32 Å². The predicted molar refractivity (Wildman–Crippen MR) is 85.7 cm³/mol. The van der Waals surface area contributed by atoms with Crippen LogP contribution in [0.15, 0.2) is 22.4 Å². The highest BCUT2D eigenvalue weighted by molar-refractivity contribution is 7.91. The minimum Gasteiger partial charge on any atom is -0.310 e. The molecule has 1 amide bonds. The Morgan fingerprint density at radius 2 is 2.18 bits per heavy atom. The Balaban J connectivity index is 2.06. The fraction of sp³-hybridized carbons (Fsp3) is 0.333. The van der Waals surface area contributed by atoms with Gasteiger partial charge in [-0.2, -0.15) is 9.40 Å². The van der Waals surface area contributed by atoms with Gasteiger partial charge in [0.2, 0.25) is 5.91 Å². The van der Waals surface area contributed by atoms with Crippen molar-refractivity contribution in [3.8, 4) is 0 Å². The summed E-state index contributed by atoms with van der Waals surface area (Å²) >= 11 is 6.70. The molecular formula is C12H15ClN4O3S2. The van der Waals surface area contributed by atoms with Crippen LogP contribution < -0.4 is 5.32 Å². The molecule has 0 bridgehead atoms. The number of nitrogens with one attached hydrogen (secondary N) is 1. The van der Waals surface area contributed by atoms with Crippen LogP contribution in [0.3, 0.4) is 0 Å². The molecule has 0 saturated carbocycles. The Hall–Kier alpha value is -1.42. The Labute approximate surface area is 137 Å². The third kappa shape index (κ3) is 3.67. The summed E-state index contributed by atoms with van der Waals surface area (Å²) in [5.41, 5.74) is 0.756. The number of thiophene rings is 1. The lowest BCUT2D eigenvalue weighted by molar-refractivity contribution is -0.116. The molecule has 2 aromatic heterocycles. The Morgan fingerprint density at radius 1 is 1.50 bits per heavy atom. The fourth-order valence-electron chi connectivity index (χ4n) is 1.79. The standard InChI is InChI=1S/C12H15ClN4O3S2/c1-8-6-10(17(3)15-8)14-11(18)7-16(2)22(19,20)12-5-4-9(13)21-12/h4-6H,7H2,1-3H3,(H,14,18). The van der Waals surface area contributed by atoms with E-state index in [9.17, 15) is 13.2 Å². The van der Waals surface area contributed by atoms with Crippen molar-refractivity contribution in [2.45, 2.75) is 11.1 Å². The Bertz CT molecular complexity index is 797. The zero-order valence-electron chi connectivity index (χ0n) is 12.2. The highest BCUT2D eigenvalue weighted by atomic mass is 35.5. The fourth-order valence-corrected chi connectivity index (χ4v) is 4.61. The molecule has 0 saturated heterocycles. The van der Waals surface area contributed by atoms with Gasteiger partial charge in [0.05, 0.1) is 16.6 Å². The number of rotatable bonds is 5. The van der Waals surface area contributed by atoms with Crippen LogP contribution in [0.2, 0.25) is 4.34 Å². The third-order valence-electron chi connectivity index (χ3n) is 2.85. The molecule has 0 unspecified atom stereocenters. The van der Waals surface area contributed by atoms with E-state index >= 15 is 0 Å². The number of halogens is 1. The van der Waals surface area contributed by atoms with E-state index in [1.165, 1.54) is 23.9 Å². The molecule has 2 aromatic rings. The normalized spacial score (nSPS) is 11.9. The first-order chi connectivity index (χ1) is 10.2. The molecule has 22 heavy (non-hydrogen) atoms. The van der Waals surface area contributed by atoms with Gasteiger partial charge in [0, 0.05) is 20.2 Å². The van der Waals surface area contributed by atoms with Crippen LogP contribution in [-0.4, -0.2) is 42.0 Å². The van der Waals surface area contributed by atoms with Crippen LogP contribution >= 0.6 is 22.9 Å². The van der Waals surface area contributed by atoms with Gasteiger partial charge >= 0.3 is 0 Å². The van der Waals surface area contributed by atoms with Gasteiger partial charge in [-0.05, 0) is 19.1 Å². The van der Waals surface area contributed by atoms with Crippen molar-refractivity contribution >= 4 is 44.7 Å². The number of aryl methyl sites for hydroxylation is 2. The molecule has 0 aliphatic heterocycles. The van der Waals surface area contributed by atoms with Crippen LogP contribution in [0.4, 0.5) is 5.82 Å². The monoisotopic (exact) mass is 362 g/mol. The maximum absolute atomic E-state index is 12.3. The van der Waals surface area contributed by atoms with Crippen molar-refractivity contribution in [2.24, 2.45) is 7.05 Å². The second-order valence-corrected chi connectivity index (χ2v) is 8.65. The van der Waals surface area contributed by atoms with E-state index in [1.54, 1.807) is 20.0 Å². The smallest absolute Gasteiger partial charge is 0.252 e. The van der Waals surface area contributed by atoms with E-state index in [4.69, 9.17) is 11.6 Å². The maximum atomic E-state index is 12.3. The molecule has 2 heterocycles. The number of carbonyl (C=O) groups excluding carboxylic acids is 1. The molecule has 0 aromatic carbocycles. The number of hydrogen-bond acceptors (Lipinski definition) is 5. The van der Waals surface area contributed by atoms with Gasteiger partial charge in [0.1, 0.15) is 10.0 Å². The second-order valence-electron chi connectivity index (χ2n) is 4.66. The number of hydrogen-bond donors (Lipinski definition) is 1. The summed E-state index contributed by atoms with van der Waals surface area (Å²) in [6.45, 7) is 1.49. The Morgan fingerprint density at radius 3 is 2.68 bits per heavy atom. The van der Waals surface area contributed by atoms with Crippen molar-refractivity contribution in [1.82, 2.24) is 14.1 Å². The number of nitrogens with zero attached hydrogens (tertiary/aromatic N) is 3. The average Bonchev–Trinajstić information content (AvgIpc) is 2.96. The van der Waals surface area contributed by atoms with Crippen LogP contribution in [0.25, 0.3) is 0 Å². The summed E-state index contributed by atoms with van der Waals surface area (Å²) in [7, 11) is -0.691. The lowest BCUT2D eigenvalue weighted by atomic mass is 10.4. The number of likely N-dealkylation sites (N-methyl/N-ethyl adjacent to an activating group) is 1. The summed E-state index contributed by atoms with van der Waals surface area (Å²) in [6.07, 6.45) is 0. The zero-order chi connectivity index (χ0) is 16.5. The van der Waals surface area contributed by atoms with E-state index in [0.717, 1.165) is 21.3 Å². The quantitative estimate of drug-likeness (QED) is 0.877. The molecular weight excluding hydrogens is 348 g/mol. The van der Waals surface area contributed by atoms with Crippen LogP contribution in [0.1, 0.15) is 5.69 Å². The molecule has 0 radical (unpaired) electrons. The van der Waals surface area contributed by atoms with E-state index in [0.29, 0.717) is 10.2 Å². The molecule has 0 fully saturated rings.